The van der Waals surface area contributed by atoms with E-state index in [1.54, 1.807) is 0 Å². The van der Waals surface area contributed by atoms with Gasteiger partial charge in [0.25, 0.3) is 0 Å². The number of carbonyl (C=O) groups is 1. The Morgan fingerprint density at radius 3 is 2.30 bits per heavy atom. The zero-order valence-electron chi connectivity index (χ0n) is 12.5. The van der Waals surface area contributed by atoms with Gasteiger partial charge >= 0.3 is 6.09 Å². The summed E-state index contributed by atoms with van der Waals surface area (Å²) >= 11 is 0. The number of benzene rings is 1. The first kappa shape index (κ1) is 14.9. The molecule has 0 saturated heterocycles. The van der Waals surface area contributed by atoms with E-state index in [1.807, 2.05) is 58.0 Å². The van der Waals surface area contributed by atoms with Gasteiger partial charge in [-0.15, -0.1) is 0 Å². The van der Waals surface area contributed by atoms with Crippen molar-refractivity contribution in [2.45, 2.75) is 46.4 Å². The van der Waals surface area contributed by atoms with E-state index in [-0.39, 0.29) is 23.5 Å². The summed E-state index contributed by atoms with van der Waals surface area (Å²) in [6, 6.07) is 9.46. The van der Waals surface area contributed by atoms with Crippen molar-refractivity contribution >= 4 is 6.09 Å². The van der Waals surface area contributed by atoms with Crippen LogP contribution in [0.4, 0.5) is 4.79 Å². The van der Waals surface area contributed by atoms with E-state index in [4.69, 9.17) is 4.74 Å². The third-order valence-corrected chi connectivity index (χ3v) is 4.37. The van der Waals surface area contributed by atoms with Crippen LogP contribution in [0.2, 0.25) is 0 Å². The summed E-state index contributed by atoms with van der Waals surface area (Å²) in [5, 5.41) is 13.0. The number of rotatable bonds is 3. The van der Waals surface area contributed by atoms with E-state index in [1.165, 1.54) is 0 Å². The fourth-order valence-corrected chi connectivity index (χ4v) is 3.39. The molecular weight excluding hydrogens is 254 g/mol. The molecule has 1 aliphatic carbocycles. The van der Waals surface area contributed by atoms with Crippen molar-refractivity contribution < 1.29 is 14.6 Å². The van der Waals surface area contributed by atoms with Gasteiger partial charge in [0.05, 0.1) is 6.10 Å². The molecule has 0 radical (unpaired) electrons. The Kier molecular flexibility index (Phi) is 3.78. The molecule has 0 bridgehead atoms. The fourth-order valence-electron chi connectivity index (χ4n) is 3.39. The van der Waals surface area contributed by atoms with Crippen LogP contribution in [0.3, 0.4) is 0 Å². The molecule has 4 nitrogen and oxygen atoms in total. The highest BCUT2D eigenvalue weighted by atomic mass is 16.5. The molecule has 20 heavy (non-hydrogen) atoms. The summed E-state index contributed by atoms with van der Waals surface area (Å²) in [7, 11) is 0. The van der Waals surface area contributed by atoms with Crippen LogP contribution >= 0.6 is 0 Å². The highest BCUT2D eigenvalue weighted by molar-refractivity contribution is 5.68. The number of amides is 1. The molecule has 110 valence electrons. The van der Waals surface area contributed by atoms with Gasteiger partial charge in [0.15, 0.2) is 0 Å². The highest BCUT2D eigenvalue weighted by Crippen LogP contribution is 2.53. The van der Waals surface area contributed by atoms with Gasteiger partial charge in [0.2, 0.25) is 0 Å². The summed E-state index contributed by atoms with van der Waals surface area (Å²) in [6.07, 6.45) is -0.874. The van der Waals surface area contributed by atoms with E-state index in [0.29, 0.717) is 0 Å². The maximum atomic E-state index is 11.9. The molecular formula is C16H23NO3. The Balaban J connectivity index is 1.89. The molecule has 2 rings (SSSR count). The van der Waals surface area contributed by atoms with Crippen LogP contribution in [0.25, 0.3) is 0 Å². The van der Waals surface area contributed by atoms with Gasteiger partial charge < -0.3 is 15.2 Å². The third kappa shape index (κ3) is 2.52. The smallest absolute Gasteiger partial charge is 0.407 e. The van der Waals surface area contributed by atoms with Crippen molar-refractivity contribution in [1.29, 1.82) is 0 Å². The second-order valence-corrected chi connectivity index (χ2v) is 6.68. The normalized spacial score (nSPS) is 26.4. The number of carbonyl (C=O) groups excluding carboxylic acids is 1. The van der Waals surface area contributed by atoms with Gasteiger partial charge in [-0.3, -0.25) is 0 Å². The Hall–Kier alpha value is -1.55. The van der Waals surface area contributed by atoms with Gasteiger partial charge in [-0.2, -0.15) is 0 Å². The summed E-state index contributed by atoms with van der Waals surface area (Å²) in [5.41, 5.74) is 0.277. The lowest BCUT2D eigenvalue weighted by Gasteiger charge is -2.61. The van der Waals surface area contributed by atoms with Crippen LogP contribution in [0.1, 0.15) is 33.3 Å². The average Bonchev–Trinajstić information content (AvgIpc) is 2.42. The van der Waals surface area contributed by atoms with Crippen LogP contribution in [0.15, 0.2) is 30.3 Å². The maximum absolute atomic E-state index is 11.9. The van der Waals surface area contributed by atoms with Crippen LogP contribution in [0.5, 0.6) is 0 Å². The Morgan fingerprint density at radius 2 is 1.75 bits per heavy atom. The molecule has 2 N–H and O–H groups in total. The quantitative estimate of drug-likeness (QED) is 0.893. The van der Waals surface area contributed by atoms with E-state index < -0.39 is 12.2 Å². The van der Waals surface area contributed by atoms with E-state index in [2.05, 4.69) is 5.32 Å². The van der Waals surface area contributed by atoms with Crippen LogP contribution in [-0.4, -0.2) is 23.3 Å². The van der Waals surface area contributed by atoms with Crippen molar-refractivity contribution in [3.8, 4) is 0 Å². The average molecular weight is 277 g/mol. The standard InChI is InChI=1S/C16H23NO3/c1-15(2)12(16(3,4)13(15)18)17-14(19)20-10-11-8-6-5-7-9-11/h5-9,12-13,18H,10H2,1-4H3,(H,17,19). The number of hydrogen-bond donors (Lipinski definition) is 2. The third-order valence-electron chi connectivity index (χ3n) is 4.37. The molecule has 1 amide bonds. The Morgan fingerprint density at radius 1 is 1.20 bits per heavy atom. The number of aliphatic hydroxyl groups excluding tert-OH is 1. The number of ether oxygens (including phenoxy) is 1. The van der Waals surface area contributed by atoms with E-state index in [0.717, 1.165) is 5.56 Å². The zero-order valence-corrected chi connectivity index (χ0v) is 12.5. The van der Waals surface area contributed by atoms with Gasteiger partial charge in [-0.05, 0) is 5.56 Å². The van der Waals surface area contributed by atoms with Gasteiger partial charge in [-0.1, -0.05) is 58.0 Å². The largest absolute Gasteiger partial charge is 0.445 e. The van der Waals surface area contributed by atoms with Crippen LogP contribution in [-0.2, 0) is 11.3 Å². The number of alkyl carbamates (subject to hydrolysis) is 1. The van der Waals surface area contributed by atoms with Gasteiger partial charge in [0, 0.05) is 16.9 Å². The van der Waals surface area contributed by atoms with E-state index >= 15 is 0 Å². The molecule has 0 unspecified atom stereocenters. The molecule has 1 fully saturated rings. The SMILES string of the molecule is CC1(C)C(O)C(C)(C)C1NC(=O)OCc1ccccc1. The van der Waals surface area contributed by atoms with Crippen molar-refractivity contribution in [3.63, 3.8) is 0 Å². The molecule has 1 aliphatic rings. The topological polar surface area (TPSA) is 58.6 Å². The number of hydrogen-bond acceptors (Lipinski definition) is 3. The predicted molar refractivity (Wildman–Crippen MR) is 77.1 cm³/mol. The summed E-state index contributed by atoms with van der Waals surface area (Å²) in [4.78, 5) is 11.9. The fraction of sp³-hybridized carbons (Fsp3) is 0.562. The zero-order chi connectivity index (χ0) is 15.0. The lowest BCUT2D eigenvalue weighted by Crippen LogP contribution is -2.73. The predicted octanol–water partition coefficient (Wildman–Crippen LogP) is 2.71. The van der Waals surface area contributed by atoms with Crippen molar-refractivity contribution in [2.24, 2.45) is 10.8 Å². The van der Waals surface area contributed by atoms with Crippen LogP contribution in [0, 0.1) is 10.8 Å². The minimum absolute atomic E-state index is 0.103. The molecule has 1 aromatic carbocycles. The molecule has 0 aromatic heterocycles. The Labute approximate surface area is 120 Å². The highest BCUT2D eigenvalue weighted by Gasteiger charge is 2.61. The van der Waals surface area contributed by atoms with Gasteiger partial charge in [0.1, 0.15) is 6.61 Å². The number of aliphatic hydroxyl groups is 1. The summed E-state index contributed by atoms with van der Waals surface area (Å²) < 4.78 is 5.22. The minimum atomic E-state index is -0.438. The minimum Gasteiger partial charge on any atom is -0.445 e. The maximum Gasteiger partial charge on any atom is 0.407 e. The summed E-state index contributed by atoms with van der Waals surface area (Å²) in [6.45, 7) is 8.05. The molecule has 0 aliphatic heterocycles. The lowest BCUT2D eigenvalue weighted by atomic mass is 9.49. The van der Waals surface area contributed by atoms with E-state index in [9.17, 15) is 9.90 Å². The van der Waals surface area contributed by atoms with Crippen molar-refractivity contribution in [1.82, 2.24) is 5.32 Å². The molecule has 0 heterocycles. The summed E-state index contributed by atoms with van der Waals surface area (Å²) in [5.74, 6) is 0. The first-order valence-corrected chi connectivity index (χ1v) is 6.91. The Bertz CT molecular complexity index is 466. The lowest BCUT2D eigenvalue weighted by molar-refractivity contribution is -0.180. The second-order valence-electron chi connectivity index (χ2n) is 6.68. The first-order chi connectivity index (χ1) is 9.26. The second kappa shape index (κ2) is 5.09. The first-order valence-electron chi connectivity index (χ1n) is 6.91. The molecule has 1 saturated carbocycles. The monoisotopic (exact) mass is 277 g/mol. The van der Waals surface area contributed by atoms with Crippen LogP contribution < -0.4 is 5.32 Å². The molecule has 0 atom stereocenters. The molecule has 1 aromatic rings. The van der Waals surface area contributed by atoms with Crippen molar-refractivity contribution in [3.05, 3.63) is 35.9 Å². The molecule has 0 spiro atoms. The van der Waals surface area contributed by atoms with Crippen molar-refractivity contribution in [2.75, 3.05) is 0 Å². The number of nitrogens with one attached hydrogen (secondary N) is 1. The van der Waals surface area contributed by atoms with Gasteiger partial charge in [-0.25, -0.2) is 4.79 Å². The molecule has 4 heteroatoms.